The molecule has 1 aromatic rings. The molecule has 0 atom stereocenters. The Hall–Kier alpha value is -1.46. The summed E-state index contributed by atoms with van der Waals surface area (Å²) in [5, 5.41) is 0.403. The average Bonchev–Trinajstić information content (AvgIpc) is 2.18. The van der Waals surface area contributed by atoms with Crippen LogP contribution in [0.5, 0.6) is 0 Å². The number of nitrogen functional groups attached to an aromatic ring is 1. The number of Topliss-reactive ketones (excluding diaryl/α,β-unsaturated/α-hetero) is 1. The summed E-state index contributed by atoms with van der Waals surface area (Å²) in [5.41, 5.74) is 6.54. The van der Waals surface area contributed by atoms with Gasteiger partial charge in [-0.15, -0.1) is 5.92 Å². The standard InChI is InChI=1S/C11H10ClNO/c1-2-3-4-11(14)8-5-6-10(13)9(12)7-8/h5-7H,4,13H2,1H3. The van der Waals surface area contributed by atoms with Crippen molar-refractivity contribution in [2.45, 2.75) is 13.3 Å². The zero-order valence-corrected chi connectivity index (χ0v) is 8.56. The second kappa shape index (κ2) is 4.69. The number of ketones is 1. The zero-order chi connectivity index (χ0) is 10.6. The van der Waals surface area contributed by atoms with Gasteiger partial charge in [0.2, 0.25) is 0 Å². The first kappa shape index (κ1) is 10.6. The van der Waals surface area contributed by atoms with Crippen LogP contribution in [0.4, 0.5) is 5.69 Å². The van der Waals surface area contributed by atoms with Gasteiger partial charge >= 0.3 is 0 Å². The van der Waals surface area contributed by atoms with Crippen LogP contribution in [0, 0.1) is 11.8 Å². The summed E-state index contributed by atoms with van der Waals surface area (Å²) in [6, 6.07) is 4.84. The van der Waals surface area contributed by atoms with Gasteiger partial charge in [0.1, 0.15) is 0 Å². The minimum atomic E-state index is -0.0405. The lowest BCUT2D eigenvalue weighted by molar-refractivity contribution is 0.0998. The fourth-order valence-electron chi connectivity index (χ4n) is 0.971. The maximum atomic E-state index is 11.5. The Morgan fingerprint density at radius 2 is 2.29 bits per heavy atom. The van der Waals surface area contributed by atoms with Gasteiger partial charge in [0.15, 0.2) is 5.78 Å². The molecule has 3 heteroatoms. The molecule has 0 radical (unpaired) electrons. The summed E-state index contributed by atoms with van der Waals surface area (Å²) in [7, 11) is 0. The van der Waals surface area contributed by atoms with Gasteiger partial charge in [-0.3, -0.25) is 4.79 Å². The van der Waals surface area contributed by atoms with Crippen LogP contribution < -0.4 is 5.73 Å². The summed E-state index contributed by atoms with van der Waals surface area (Å²) in [6.07, 6.45) is 0.219. The van der Waals surface area contributed by atoms with Crippen molar-refractivity contribution in [3.8, 4) is 11.8 Å². The van der Waals surface area contributed by atoms with Crippen LogP contribution in [-0.4, -0.2) is 5.78 Å². The van der Waals surface area contributed by atoms with E-state index in [1.807, 2.05) is 0 Å². The third-order valence-electron chi connectivity index (χ3n) is 1.75. The number of halogens is 1. The maximum Gasteiger partial charge on any atom is 0.174 e. The largest absolute Gasteiger partial charge is 0.398 e. The molecular formula is C11H10ClNO. The fraction of sp³-hybridized carbons (Fsp3) is 0.182. The quantitative estimate of drug-likeness (QED) is 0.460. The van der Waals surface area contributed by atoms with Crippen molar-refractivity contribution in [1.82, 2.24) is 0 Å². The highest BCUT2D eigenvalue weighted by atomic mass is 35.5. The van der Waals surface area contributed by atoms with E-state index in [2.05, 4.69) is 11.8 Å². The van der Waals surface area contributed by atoms with Crippen molar-refractivity contribution >= 4 is 23.1 Å². The molecule has 14 heavy (non-hydrogen) atoms. The summed E-state index contributed by atoms with van der Waals surface area (Å²) in [6.45, 7) is 1.70. The molecule has 2 N–H and O–H groups in total. The van der Waals surface area contributed by atoms with Crippen LogP contribution in [-0.2, 0) is 0 Å². The van der Waals surface area contributed by atoms with Gasteiger partial charge in [-0.2, -0.15) is 0 Å². The Morgan fingerprint density at radius 3 is 2.86 bits per heavy atom. The smallest absolute Gasteiger partial charge is 0.174 e. The van der Waals surface area contributed by atoms with Gasteiger partial charge < -0.3 is 5.73 Å². The second-order valence-electron chi connectivity index (χ2n) is 2.76. The van der Waals surface area contributed by atoms with E-state index >= 15 is 0 Å². The van der Waals surface area contributed by atoms with Crippen molar-refractivity contribution in [3.05, 3.63) is 28.8 Å². The number of hydrogen-bond acceptors (Lipinski definition) is 2. The molecule has 0 spiro atoms. The minimum Gasteiger partial charge on any atom is -0.398 e. The summed E-state index contributed by atoms with van der Waals surface area (Å²) >= 11 is 5.78. The van der Waals surface area contributed by atoms with Gasteiger partial charge in [0, 0.05) is 5.56 Å². The van der Waals surface area contributed by atoms with Crippen LogP contribution >= 0.6 is 11.6 Å². The average molecular weight is 208 g/mol. The molecule has 72 valence electrons. The van der Waals surface area contributed by atoms with Crippen LogP contribution in [0.25, 0.3) is 0 Å². The first-order valence-electron chi connectivity index (χ1n) is 4.13. The number of anilines is 1. The number of rotatable bonds is 2. The molecule has 0 aliphatic rings. The lowest BCUT2D eigenvalue weighted by Crippen LogP contribution is -1.98. The SMILES string of the molecule is CC#CCC(=O)c1ccc(N)c(Cl)c1. The van der Waals surface area contributed by atoms with Crippen LogP contribution in [0.3, 0.4) is 0 Å². The highest BCUT2D eigenvalue weighted by Crippen LogP contribution is 2.20. The third-order valence-corrected chi connectivity index (χ3v) is 2.08. The fourth-order valence-corrected chi connectivity index (χ4v) is 1.15. The Bertz CT molecular complexity index is 415. The first-order valence-corrected chi connectivity index (χ1v) is 4.50. The molecule has 1 aromatic carbocycles. The predicted molar refractivity (Wildman–Crippen MR) is 58.3 cm³/mol. The number of hydrogen-bond donors (Lipinski definition) is 1. The Balaban J connectivity index is 2.89. The molecule has 0 aromatic heterocycles. The summed E-state index contributed by atoms with van der Waals surface area (Å²) in [4.78, 5) is 11.5. The second-order valence-corrected chi connectivity index (χ2v) is 3.17. The van der Waals surface area contributed by atoms with E-state index in [0.717, 1.165) is 0 Å². The molecule has 0 fully saturated rings. The minimum absolute atomic E-state index is 0.0405. The summed E-state index contributed by atoms with van der Waals surface area (Å²) in [5.74, 6) is 5.33. The third kappa shape index (κ3) is 2.51. The van der Waals surface area contributed by atoms with Crippen molar-refractivity contribution in [1.29, 1.82) is 0 Å². The Kier molecular flexibility index (Phi) is 3.55. The molecule has 0 bridgehead atoms. The molecule has 0 aliphatic heterocycles. The van der Waals surface area contributed by atoms with Gasteiger partial charge in [-0.1, -0.05) is 17.5 Å². The Labute approximate surface area is 88.1 Å². The van der Waals surface area contributed by atoms with Crippen LogP contribution in [0.2, 0.25) is 5.02 Å². The molecular weight excluding hydrogens is 198 g/mol. The van der Waals surface area contributed by atoms with Crippen molar-refractivity contribution in [3.63, 3.8) is 0 Å². The van der Waals surface area contributed by atoms with E-state index in [1.54, 1.807) is 25.1 Å². The topological polar surface area (TPSA) is 43.1 Å². The number of carbonyl (C=O) groups excluding carboxylic acids is 1. The normalized spacial score (nSPS) is 9.00. The number of benzene rings is 1. The van der Waals surface area contributed by atoms with Gasteiger partial charge in [-0.25, -0.2) is 0 Å². The number of nitrogens with two attached hydrogens (primary N) is 1. The van der Waals surface area contributed by atoms with E-state index in [1.165, 1.54) is 0 Å². The molecule has 0 saturated heterocycles. The highest BCUT2D eigenvalue weighted by Gasteiger charge is 2.05. The van der Waals surface area contributed by atoms with Crippen molar-refractivity contribution in [2.24, 2.45) is 0 Å². The lowest BCUT2D eigenvalue weighted by atomic mass is 10.1. The molecule has 0 saturated carbocycles. The first-order chi connectivity index (χ1) is 6.65. The molecule has 0 unspecified atom stereocenters. The Morgan fingerprint density at radius 1 is 1.57 bits per heavy atom. The van der Waals surface area contributed by atoms with Gasteiger partial charge in [0.05, 0.1) is 17.1 Å². The van der Waals surface area contributed by atoms with E-state index in [9.17, 15) is 4.79 Å². The lowest BCUT2D eigenvalue weighted by Gasteiger charge is -2.00. The van der Waals surface area contributed by atoms with E-state index in [-0.39, 0.29) is 12.2 Å². The van der Waals surface area contributed by atoms with E-state index < -0.39 is 0 Å². The van der Waals surface area contributed by atoms with Crippen molar-refractivity contribution < 1.29 is 4.79 Å². The molecule has 2 nitrogen and oxygen atoms in total. The van der Waals surface area contributed by atoms with Crippen LogP contribution in [0.1, 0.15) is 23.7 Å². The van der Waals surface area contributed by atoms with Crippen LogP contribution in [0.15, 0.2) is 18.2 Å². The predicted octanol–water partition coefficient (Wildman–Crippen LogP) is 2.52. The monoisotopic (exact) mass is 207 g/mol. The molecule has 1 rings (SSSR count). The van der Waals surface area contributed by atoms with Gasteiger partial charge in [-0.05, 0) is 25.1 Å². The van der Waals surface area contributed by atoms with E-state index in [0.29, 0.717) is 16.3 Å². The van der Waals surface area contributed by atoms with Gasteiger partial charge in [0.25, 0.3) is 0 Å². The zero-order valence-electron chi connectivity index (χ0n) is 7.80. The molecule has 0 aliphatic carbocycles. The summed E-state index contributed by atoms with van der Waals surface area (Å²) < 4.78 is 0. The number of carbonyl (C=O) groups is 1. The van der Waals surface area contributed by atoms with E-state index in [4.69, 9.17) is 17.3 Å². The highest BCUT2D eigenvalue weighted by molar-refractivity contribution is 6.33. The van der Waals surface area contributed by atoms with Crippen molar-refractivity contribution in [2.75, 3.05) is 5.73 Å². The molecule has 0 amide bonds. The molecule has 0 heterocycles. The maximum absolute atomic E-state index is 11.5.